The molecule has 0 spiro atoms. The third-order valence-electron chi connectivity index (χ3n) is 4.57. The van der Waals surface area contributed by atoms with Gasteiger partial charge in [0.2, 0.25) is 0 Å². The van der Waals surface area contributed by atoms with Crippen LogP contribution in [0.4, 0.5) is 0 Å². The Morgan fingerprint density at radius 3 is 2.67 bits per heavy atom. The molecular weight excluding hydrogens is 342 g/mol. The molecule has 1 aliphatic rings. The van der Waals surface area contributed by atoms with Crippen LogP contribution in [0.2, 0.25) is 5.15 Å². The normalized spacial score (nSPS) is 16.2. The van der Waals surface area contributed by atoms with Crippen LogP contribution in [0.5, 0.6) is 0 Å². The molecule has 1 aliphatic heterocycles. The summed E-state index contributed by atoms with van der Waals surface area (Å²) < 4.78 is 1.05. The molecule has 124 valence electrons. The average Bonchev–Trinajstić information content (AvgIpc) is 3.02. The molecule has 4 nitrogen and oxygen atoms in total. The molecule has 4 rings (SSSR count). The third-order valence-corrected chi connectivity index (χ3v) is 6.02. The van der Waals surface area contributed by atoms with Crippen molar-refractivity contribution in [1.82, 2.24) is 14.8 Å². The van der Waals surface area contributed by atoms with E-state index in [0.717, 1.165) is 52.0 Å². The number of aromatic nitrogens is 1. The first-order valence-corrected chi connectivity index (χ1v) is 9.19. The van der Waals surface area contributed by atoms with Crippen molar-refractivity contribution in [3.05, 3.63) is 39.9 Å². The van der Waals surface area contributed by atoms with Crippen LogP contribution < -0.4 is 0 Å². The molecule has 0 N–H and O–H groups in total. The van der Waals surface area contributed by atoms with E-state index in [1.807, 2.05) is 23.1 Å². The minimum atomic E-state index is 0.0983. The Balaban J connectivity index is 1.80. The monoisotopic (exact) mass is 359 g/mol. The highest BCUT2D eigenvalue weighted by Crippen LogP contribution is 2.36. The number of rotatable bonds is 1. The van der Waals surface area contributed by atoms with Crippen LogP contribution in [0.15, 0.2) is 24.3 Å². The number of hydrogen-bond acceptors (Lipinski definition) is 4. The first-order valence-electron chi connectivity index (χ1n) is 8.00. The van der Waals surface area contributed by atoms with Crippen LogP contribution >= 0.6 is 22.9 Å². The number of carbonyl (C=O) groups excluding carboxylic acids is 1. The van der Waals surface area contributed by atoms with E-state index >= 15 is 0 Å². The molecule has 6 heteroatoms. The molecule has 0 saturated carbocycles. The maximum absolute atomic E-state index is 12.8. The zero-order valence-corrected chi connectivity index (χ0v) is 15.2. The minimum Gasteiger partial charge on any atom is -0.335 e. The smallest absolute Gasteiger partial charge is 0.264 e. The second-order valence-corrected chi connectivity index (χ2v) is 7.78. The standard InChI is InChI=1S/C18H18ClN3OS/c1-11-3-4-14-12(9-11)16-13(17(19)20-14)10-15(24-16)18(23)22-7-5-21(2)6-8-22/h3-4,9-10H,5-8H2,1-2H3. The molecule has 0 atom stereocenters. The largest absolute Gasteiger partial charge is 0.335 e. The summed E-state index contributed by atoms with van der Waals surface area (Å²) >= 11 is 7.89. The van der Waals surface area contributed by atoms with Gasteiger partial charge in [-0.2, -0.15) is 0 Å². The van der Waals surface area contributed by atoms with Crippen molar-refractivity contribution in [2.45, 2.75) is 6.92 Å². The van der Waals surface area contributed by atoms with Crippen LogP contribution in [0.25, 0.3) is 21.0 Å². The zero-order chi connectivity index (χ0) is 16.8. The lowest BCUT2D eigenvalue weighted by molar-refractivity contribution is 0.0669. The van der Waals surface area contributed by atoms with Gasteiger partial charge in [0.15, 0.2) is 0 Å². The summed E-state index contributed by atoms with van der Waals surface area (Å²) in [7, 11) is 2.08. The lowest BCUT2D eigenvalue weighted by Crippen LogP contribution is -2.46. The van der Waals surface area contributed by atoms with Crippen molar-refractivity contribution in [1.29, 1.82) is 0 Å². The topological polar surface area (TPSA) is 36.4 Å². The minimum absolute atomic E-state index is 0.0983. The fourth-order valence-electron chi connectivity index (χ4n) is 3.11. The van der Waals surface area contributed by atoms with Crippen molar-refractivity contribution in [3.8, 4) is 0 Å². The summed E-state index contributed by atoms with van der Waals surface area (Å²) in [6.45, 7) is 5.44. The van der Waals surface area contributed by atoms with E-state index in [2.05, 4.69) is 29.9 Å². The summed E-state index contributed by atoms with van der Waals surface area (Å²) in [5.41, 5.74) is 2.05. The van der Waals surface area contributed by atoms with Gasteiger partial charge in [0, 0.05) is 41.7 Å². The van der Waals surface area contributed by atoms with Crippen LogP contribution in [-0.4, -0.2) is 53.9 Å². The van der Waals surface area contributed by atoms with Gasteiger partial charge in [-0.05, 0) is 32.2 Å². The molecule has 0 bridgehead atoms. The summed E-state index contributed by atoms with van der Waals surface area (Å²) in [6, 6.07) is 8.03. The number of carbonyl (C=O) groups is 1. The summed E-state index contributed by atoms with van der Waals surface area (Å²) in [5, 5.41) is 2.41. The van der Waals surface area contributed by atoms with Gasteiger partial charge in [0.1, 0.15) is 5.15 Å². The number of benzene rings is 1. The summed E-state index contributed by atoms with van der Waals surface area (Å²) in [4.78, 5) is 22.2. The molecule has 2 aromatic heterocycles. The van der Waals surface area contributed by atoms with Gasteiger partial charge in [0.05, 0.1) is 10.4 Å². The molecule has 1 aromatic carbocycles. The number of thiophene rings is 1. The second-order valence-electron chi connectivity index (χ2n) is 6.37. The number of hydrogen-bond donors (Lipinski definition) is 0. The Bertz CT molecular complexity index is 944. The zero-order valence-electron chi connectivity index (χ0n) is 13.7. The number of piperazine rings is 1. The van der Waals surface area contributed by atoms with Crippen LogP contribution in [0.1, 0.15) is 15.2 Å². The molecule has 0 unspecified atom stereocenters. The maximum Gasteiger partial charge on any atom is 0.264 e. The molecule has 24 heavy (non-hydrogen) atoms. The van der Waals surface area contributed by atoms with Gasteiger partial charge in [-0.15, -0.1) is 11.3 Å². The van der Waals surface area contributed by atoms with E-state index in [0.29, 0.717) is 5.15 Å². The number of halogens is 1. The van der Waals surface area contributed by atoms with E-state index in [1.54, 1.807) is 0 Å². The fraction of sp³-hybridized carbons (Fsp3) is 0.333. The van der Waals surface area contributed by atoms with Gasteiger partial charge in [-0.3, -0.25) is 4.79 Å². The first-order chi connectivity index (χ1) is 11.5. The highest BCUT2D eigenvalue weighted by atomic mass is 35.5. The van der Waals surface area contributed by atoms with Crippen molar-refractivity contribution in [3.63, 3.8) is 0 Å². The molecule has 0 aliphatic carbocycles. The molecule has 3 aromatic rings. The molecule has 3 heterocycles. The van der Waals surface area contributed by atoms with Crippen molar-refractivity contribution in [2.75, 3.05) is 33.2 Å². The van der Waals surface area contributed by atoms with Crippen LogP contribution in [0.3, 0.4) is 0 Å². The van der Waals surface area contributed by atoms with Crippen LogP contribution in [-0.2, 0) is 0 Å². The predicted molar refractivity (Wildman–Crippen MR) is 100 cm³/mol. The molecule has 1 saturated heterocycles. The van der Waals surface area contributed by atoms with E-state index < -0.39 is 0 Å². The fourth-order valence-corrected chi connectivity index (χ4v) is 4.56. The van der Waals surface area contributed by atoms with Crippen molar-refractivity contribution in [2.24, 2.45) is 0 Å². The van der Waals surface area contributed by atoms with E-state index in [4.69, 9.17) is 11.6 Å². The Morgan fingerprint density at radius 2 is 1.92 bits per heavy atom. The summed E-state index contributed by atoms with van der Waals surface area (Å²) in [6.07, 6.45) is 0. The third kappa shape index (κ3) is 2.66. The van der Waals surface area contributed by atoms with Gasteiger partial charge >= 0.3 is 0 Å². The Hall–Kier alpha value is -1.69. The molecular formula is C18H18ClN3OS. The Morgan fingerprint density at radius 1 is 1.17 bits per heavy atom. The second kappa shape index (κ2) is 5.99. The Labute approximate surface area is 149 Å². The number of likely N-dealkylation sites (N-methyl/N-ethyl adjacent to an activating group) is 1. The first kappa shape index (κ1) is 15.8. The number of pyridine rings is 1. The molecule has 1 amide bonds. The molecule has 0 radical (unpaired) electrons. The van der Waals surface area contributed by atoms with E-state index in [1.165, 1.54) is 16.9 Å². The van der Waals surface area contributed by atoms with Gasteiger partial charge < -0.3 is 9.80 Å². The SMILES string of the molecule is Cc1ccc2nc(Cl)c3cc(C(=O)N4CCN(C)CC4)sc3c2c1. The number of fused-ring (bicyclic) bond motifs is 3. The average molecular weight is 360 g/mol. The number of nitrogens with zero attached hydrogens (tertiary/aromatic N) is 3. The predicted octanol–water partition coefficient (Wildman–Crippen LogP) is 3.80. The van der Waals surface area contributed by atoms with Crippen molar-refractivity contribution >= 4 is 49.8 Å². The molecule has 1 fully saturated rings. The van der Waals surface area contributed by atoms with Crippen LogP contribution in [0, 0.1) is 6.92 Å². The van der Waals surface area contributed by atoms with Gasteiger partial charge in [-0.1, -0.05) is 23.2 Å². The van der Waals surface area contributed by atoms with Gasteiger partial charge in [0.25, 0.3) is 5.91 Å². The quantitative estimate of drug-likeness (QED) is 0.620. The number of aryl methyl sites for hydroxylation is 1. The van der Waals surface area contributed by atoms with Crippen molar-refractivity contribution < 1.29 is 4.79 Å². The highest BCUT2D eigenvalue weighted by Gasteiger charge is 2.23. The summed E-state index contributed by atoms with van der Waals surface area (Å²) in [5.74, 6) is 0.0983. The lowest BCUT2D eigenvalue weighted by Gasteiger charge is -2.32. The number of amides is 1. The highest BCUT2D eigenvalue weighted by molar-refractivity contribution is 7.21. The van der Waals surface area contributed by atoms with Gasteiger partial charge in [-0.25, -0.2) is 4.98 Å². The van der Waals surface area contributed by atoms with E-state index in [-0.39, 0.29) is 5.91 Å². The maximum atomic E-state index is 12.8. The van der Waals surface area contributed by atoms with E-state index in [9.17, 15) is 4.79 Å². The Kier molecular flexibility index (Phi) is 3.95. The lowest BCUT2D eigenvalue weighted by atomic mass is 10.1.